The van der Waals surface area contributed by atoms with E-state index in [0.717, 1.165) is 0 Å². The summed E-state index contributed by atoms with van der Waals surface area (Å²) in [6, 6.07) is 0. The van der Waals surface area contributed by atoms with Gasteiger partial charge in [-0.05, 0) is 22.5 Å². The van der Waals surface area contributed by atoms with Crippen LogP contribution < -0.4 is 0 Å². The van der Waals surface area contributed by atoms with E-state index in [0.29, 0.717) is 5.79 Å². The Labute approximate surface area is 75.8 Å². The maximum absolute atomic E-state index is 10.6. The molecule has 0 aromatic carbocycles. The SMILES string of the molecule is O=P(Cl)(Cl)C[SiH2]C(Cl)Cl. The lowest BCUT2D eigenvalue weighted by molar-refractivity contribution is 0.595. The third-order valence-electron chi connectivity index (χ3n) is 0.608. The zero-order valence-corrected chi connectivity index (χ0v) is 9.69. The molecule has 0 atom stereocenters. The number of alkyl halides is 2. The Bertz CT molecular complexity index is 122. The molecule has 0 amide bonds. The van der Waals surface area contributed by atoms with E-state index >= 15 is 0 Å². The number of rotatable bonds is 3. The first kappa shape index (κ1) is 10.6. The van der Waals surface area contributed by atoms with Crippen LogP contribution in [0.1, 0.15) is 0 Å². The molecule has 0 N–H and O–H groups in total. The summed E-state index contributed by atoms with van der Waals surface area (Å²) in [5.41, 5.74) is 0. The van der Waals surface area contributed by atoms with Crippen molar-refractivity contribution in [3.05, 3.63) is 0 Å². The van der Waals surface area contributed by atoms with E-state index in [4.69, 9.17) is 45.7 Å². The van der Waals surface area contributed by atoms with Crippen LogP contribution in [0.25, 0.3) is 0 Å². The first-order chi connectivity index (χ1) is 3.92. The summed E-state index contributed by atoms with van der Waals surface area (Å²) >= 11 is 21.2. The maximum atomic E-state index is 10.6. The standard InChI is InChI=1S/C2H5Cl4OPSi/c3-2(4)9-1-8(5,6)7/h2H,1,9H2. The Morgan fingerprint density at radius 2 is 1.89 bits per heavy atom. The molecule has 0 spiro atoms. The Kier molecular flexibility index (Phi) is 5.28. The van der Waals surface area contributed by atoms with Crippen LogP contribution in [0.2, 0.25) is 0 Å². The highest BCUT2D eigenvalue weighted by molar-refractivity contribution is 8.09. The monoisotopic (exact) mass is 244 g/mol. The van der Waals surface area contributed by atoms with Crippen molar-refractivity contribution in [3.63, 3.8) is 0 Å². The second-order valence-corrected chi connectivity index (χ2v) is 11.9. The highest BCUT2D eigenvalue weighted by atomic mass is 35.9. The topological polar surface area (TPSA) is 17.1 Å². The van der Waals surface area contributed by atoms with Gasteiger partial charge in [-0.3, -0.25) is 4.57 Å². The minimum atomic E-state index is -2.88. The van der Waals surface area contributed by atoms with Crippen LogP contribution in [0.4, 0.5) is 0 Å². The second kappa shape index (κ2) is 4.48. The molecule has 0 fully saturated rings. The molecule has 9 heavy (non-hydrogen) atoms. The summed E-state index contributed by atoms with van der Waals surface area (Å²) in [7, 11) is -0.754. The Balaban J connectivity index is 3.40. The summed E-state index contributed by atoms with van der Waals surface area (Å²) in [6.07, 6.45) is 0. The predicted octanol–water partition coefficient (Wildman–Crippen LogP) is 2.54. The number of hydrogen-bond donors (Lipinski definition) is 0. The van der Waals surface area contributed by atoms with Crippen molar-refractivity contribution in [2.24, 2.45) is 0 Å². The molecule has 1 nitrogen and oxygen atoms in total. The van der Waals surface area contributed by atoms with Crippen LogP contribution in [-0.4, -0.2) is 19.8 Å². The molecule has 0 aliphatic carbocycles. The molecule has 0 aromatic heterocycles. The smallest absolute Gasteiger partial charge is 0.250 e. The Morgan fingerprint density at radius 3 is 2.00 bits per heavy atom. The zero-order valence-electron chi connectivity index (χ0n) is 4.36. The van der Waals surface area contributed by atoms with Gasteiger partial charge in [0.15, 0.2) is 0 Å². The van der Waals surface area contributed by atoms with Crippen LogP contribution in [0.3, 0.4) is 0 Å². The molecule has 0 aromatic rings. The van der Waals surface area contributed by atoms with Gasteiger partial charge >= 0.3 is 0 Å². The molecule has 0 rings (SSSR count). The van der Waals surface area contributed by atoms with Gasteiger partial charge in [0.25, 0.3) is 0 Å². The van der Waals surface area contributed by atoms with Gasteiger partial charge in [-0.25, -0.2) is 0 Å². The van der Waals surface area contributed by atoms with E-state index in [1.807, 2.05) is 0 Å². The van der Waals surface area contributed by atoms with Crippen molar-refractivity contribution >= 4 is 61.1 Å². The van der Waals surface area contributed by atoms with Crippen molar-refractivity contribution in [2.45, 2.75) is 4.46 Å². The first-order valence-corrected chi connectivity index (χ1v) is 8.57. The van der Waals surface area contributed by atoms with Gasteiger partial charge in [0.2, 0.25) is 5.85 Å². The van der Waals surface area contributed by atoms with Crippen molar-refractivity contribution in [2.75, 3.05) is 5.79 Å². The molecule has 0 saturated heterocycles. The van der Waals surface area contributed by atoms with Gasteiger partial charge in [-0.15, -0.1) is 23.2 Å². The third kappa shape index (κ3) is 9.61. The van der Waals surface area contributed by atoms with Crippen molar-refractivity contribution in [1.29, 1.82) is 0 Å². The molecule has 0 bridgehead atoms. The molecule has 0 aliphatic heterocycles. The average molecular weight is 246 g/mol. The Morgan fingerprint density at radius 1 is 1.44 bits per heavy atom. The lowest BCUT2D eigenvalue weighted by atomic mass is 11.8. The van der Waals surface area contributed by atoms with Crippen molar-refractivity contribution < 1.29 is 4.57 Å². The fourth-order valence-electron chi connectivity index (χ4n) is 0.248. The molecular weight excluding hydrogens is 241 g/mol. The maximum Gasteiger partial charge on any atom is 0.250 e. The lowest BCUT2D eigenvalue weighted by Crippen LogP contribution is -2.04. The van der Waals surface area contributed by atoms with E-state index in [1.54, 1.807) is 0 Å². The molecule has 0 saturated carbocycles. The number of halogens is 4. The summed E-state index contributed by atoms with van der Waals surface area (Å²) in [4.78, 5) is 0. The summed E-state index contributed by atoms with van der Waals surface area (Å²) in [5, 5.41) is 0. The summed E-state index contributed by atoms with van der Waals surface area (Å²) < 4.78 is 10.2. The quantitative estimate of drug-likeness (QED) is 0.424. The van der Waals surface area contributed by atoms with E-state index < -0.39 is 19.8 Å². The average Bonchev–Trinajstić information content (AvgIpc) is 1.59. The molecule has 56 valence electrons. The largest absolute Gasteiger partial charge is 0.290 e. The fraction of sp³-hybridized carbons (Fsp3) is 1.00. The summed E-state index contributed by atoms with van der Waals surface area (Å²) in [6.45, 7) is 0. The first-order valence-electron chi connectivity index (χ1n) is 2.18. The van der Waals surface area contributed by atoms with Gasteiger partial charge < -0.3 is 0 Å². The predicted molar refractivity (Wildman–Crippen MR) is 48.2 cm³/mol. The van der Waals surface area contributed by atoms with Crippen LogP contribution in [0.5, 0.6) is 0 Å². The van der Waals surface area contributed by atoms with E-state index in [2.05, 4.69) is 0 Å². The molecule has 0 heterocycles. The van der Waals surface area contributed by atoms with Crippen LogP contribution in [0.15, 0.2) is 0 Å². The van der Waals surface area contributed by atoms with Gasteiger partial charge in [0.1, 0.15) is 0 Å². The molecule has 7 heteroatoms. The number of hydrogen-bond acceptors (Lipinski definition) is 1. The molecule has 0 aliphatic rings. The van der Waals surface area contributed by atoms with Crippen LogP contribution in [-0.2, 0) is 4.57 Å². The van der Waals surface area contributed by atoms with Crippen LogP contribution in [0, 0.1) is 0 Å². The van der Waals surface area contributed by atoms with E-state index in [9.17, 15) is 4.57 Å². The normalized spacial score (nSPS) is 13.9. The molecule has 0 radical (unpaired) electrons. The van der Waals surface area contributed by atoms with Gasteiger partial charge in [-0.1, -0.05) is 0 Å². The minimum Gasteiger partial charge on any atom is -0.290 e. The fourth-order valence-corrected chi connectivity index (χ4v) is 5.74. The van der Waals surface area contributed by atoms with Crippen molar-refractivity contribution in [1.82, 2.24) is 0 Å². The van der Waals surface area contributed by atoms with E-state index in [1.165, 1.54) is 0 Å². The van der Waals surface area contributed by atoms with Gasteiger partial charge in [0, 0.05) is 5.79 Å². The summed E-state index contributed by atoms with van der Waals surface area (Å²) in [5.74, 6) is -2.57. The lowest BCUT2D eigenvalue weighted by Gasteiger charge is -1.99. The highest BCUT2D eigenvalue weighted by Crippen LogP contribution is 2.55. The van der Waals surface area contributed by atoms with Crippen molar-refractivity contribution in [3.8, 4) is 0 Å². The molecule has 0 unspecified atom stereocenters. The molecular formula is C2H5Cl4OPSi. The van der Waals surface area contributed by atoms with Gasteiger partial charge in [-0.2, -0.15) is 0 Å². The third-order valence-corrected chi connectivity index (χ3v) is 8.51. The minimum absolute atomic E-state index is 0.313. The second-order valence-electron chi connectivity index (χ2n) is 1.47. The Hall–Kier alpha value is 1.61. The highest BCUT2D eigenvalue weighted by Gasteiger charge is 2.15. The van der Waals surface area contributed by atoms with E-state index in [-0.39, 0.29) is 0 Å². The van der Waals surface area contributed by atoms with Gasteiger partial charge in [0.05, 0.1) is 14.0 Å². The zero-order chi connectivity index (χ0) is 7.49. The van der Waals surface area contributed by atoms with Crippen LogP contribution >= 0.6 is 51.5 Å².